The van der Waals surface area contributed by atoms with Crippen LogP contribution in [0.15, 0.2) is 36.4 Å². The van der Waals surface area contributed by atoms with Crippen LogP contribution < -0.4 is 0 Å². The second-order valence-corrected chi connectivity index (χ2v) is 3.53. The molecular weight excluding hydrogens is 232 g/mol. The maximum atomic E-state index is 13.4. The summed E-state index contributed by atoms with van der Waals surface area (Å²) in [7, 11) is 0. The molecule has 0 aromatic heterocycles. The van der Waals surface area contributed by atoms with Gasteiger partial charge in [-0.2, -0.15) is 0 Å². The molecule has 0 heterocycles. The Hall–Kier alpha value is -1.84. The summed E-state index contributed by atoms with van der Waals surface area (Å²) in [5, 5.41) is 0. The van der Waals surface area contributed by atoms with E-state index in [0.29, 0.717) is 0 Å². The predicted molar refractivity (Wildman–Crippen MR) is 56.6 cm³/mol. The second-order valence-electron chi connectivity index (χ2n) is 3.53. The number of rotatable bonds is 2. The summed E-state index contributed by atoms with van der Waals surface area (Å²) in [4.78, 5) is 0. The van der Waals surface area contributed by atoms with Gasteiger partial charge in [0.1, 0.15) is 24.1 Å². The van der Waals surface area contributed by atoms with Gasteiger partial charge < -0.3 is 0 Å². The topological polar surface area (TPSA) is 0 Å². The van der Waals surface area contributed by atoms with Gasteiger partial charge in [-0.1, -0.05) is 18.2 Å². The van der Waals surface area contributed by atoms with Crippen molar-refractivity contribution in [3.05, 3.63) is 59.4 Å². The van der Waals surface area contributed by atoms with Crippen LogP contribution in [0.5, 0.6) is 0 Å². The van der Waals surface area contributed by atoms with E-state index in [2.05, 4.69) is 0 Å². The van der Waals surface area contributed by atoms with E-state index >= 15 is 0 Å². The molecule has 2 rings (SSSR count). The molecule has 0 nitrogen and oxygen atoms in total. The molecule has 0 N–H and O–H groups in total. The monoisotopic (exact) mass is 240 g/mol. The maximum Gasteiger partial charge on any atom is 0.132 e. The molecule has 0 amide bonds. The van der Waals surface area contributed by atoms with Gasteiger partial charge in [-0.25, -0.2) is 17.6 Å². The minimum Gasteiger partial charge on any atom is -0.246 e. The molecule has 0 aliphatic carbocycles. The van der Waals surface area contributed by atoms with Crippen molar-refractivity contribution < 1.29 is 17.6 Å². The molecule has 0 radical (unpaired) electrons. The molecule has 0 spiro atoms. The van der Waals surface area contributed by atoms with Crippen molar-refractivity contribution in [1.82, 2.24) is 0 Å². The number of benzene rings is 2. The Morgan fingerprint density at radius 3 is 1.94 bits per heavy atom. The summed E-state index contributed by atoms with van der Waals surface area (Å²) in [6.45, 7) is -1.23. The summed E-state index contributed by atoms with van der Waals surface area (Å²) in [6, 6.07) is 7.47. The van der Waals surface area contributed by atoms with E-state index in [-0.39, 0.29) is 11.1 Å². The van der Waals surface area contributed by atoms with Crippen molar-refractivity contribution in [2.24, 2.45) is 0 Å². The highest BCUT2D eigenvalue weighted by atomic mass is 19.1. The van der Waals surface area contributed by atoms with Crippen LogP contribution in [-0.2, 0) is 6.67 Å². The van der Waals surface area contributed by atoms with Crippen LogP contribution in [-0.4, -0.2) is 0 Å². The molecular formula is C13H8F4. The third-order valence-electron chi connectivity index (χ3n) is 2.46. The van der Waals surface area contributed by atoms with E-state index in [1.165, 1.54) is 18.2 Å². The Balaban J connectivity index is 2.59. The Kier molecular flexibility index (Phi) is 3.13. The zero-order valence-corrected chi connectivity index (χ0v) is 8.68. The molecule has 17 heavy (non-hydrogen) atoms. The van der Waals surface area contributed by atoms with Gasteiger partial charge in [0.15, 0.2) is 0 Å². The lowest BCUT2D eigenvalue weighted by molar-refractivity contribution is 0.440. The van der Waals surface area contributed by atoms with Gasteiger partial charge in [-0.3, -0.25) is 0 Å². The summed E-state index contributed by atoms with van der Waals surface area (Å²) < 4.78 is 52.4. The lowest BCUT2D eigenvalue weighted by atomic mass is 10.0. The van der Waals surface area contributed by atoms with Crippen LogP contribution in [0.3, 0.4) is 0 Å². The lowest BCUT2D eigenvalue weighted by Crippen LogP contribution is -1.95. The van der Waals surface area contributed by atoms with Crippen LogP contribution in [0, 0.1) is 17.5 Å². The Morgan fingerprint density at radius 2 is 1.41 bits per heavy atom. The van der Waals surface area contributed by atoms with E-state index in [1.54, 1.807) is 6.07 Å². The van der Waals surface area contributed by atoms with Gasteiger partial charge in [0.05, 0.1) is 5.56 Å². The van der Waals surface area contributed by atoms with E-state index < -0.39 is 29.7 Å². The van der Waals surface area contributed by atoms with Crippen molar-refractivity contribution in [2.75, 3.05) is 0 Å². The summed E-state index contributed by atoms with van der Waals surface area (Å²) in [5.74, 6) is -2.60. The highest BCUT2D eigenvalue weighted by molar-refractivity contribution is 5.64. The molecule has 4 heteroatoms. The SMILES string of the molecule is FCc1c(F)cc(-c2ccccc2F)cc1F. The fourth-order valence-corrected chi connectivity index (χ4v) is 1.58. The first kappa shape index (κ1) is 11.6. The molecule has 0 unspecified atom stereocenters. The average Bonchev–Trinajstić information content (AvgIpc) is 2.29. The van der Waals surface area contributed by atoms with E-state index in [1.807, 2.05) is 0 Å². The largest absolute Gasteiger partial charge is 0.246 e. The third kappa shape index (κ3) is 2.16. The summed E-state index contributed by atoms with van der Waals surface area (Å²) >= 11 is 0. The van der Waals surface area contributed by atoms with Crippen LogP contribution in [0.4, 0.5) is 17.6 Å². The van der Waals surface area contributed by atoms with Crippen LogP contribution >= 0.6 is 0 Å². The van der Waals surface area contributed by atoms with Crippen molar-refractivity contribution in [2.45, 2.75) is 6.67 Å². The van der Waals surface area contributed by atoms with E-state index in [9.17, 15) is 17.6 Å². The molecule has 0 saturated carbocycles. The Bertz CT molecular complexity index is 526. The van der Waals surface area contributed by atoms with Crippen molar-refractivity contribution in [3.63, 3.8) is 0 Å². The van der Waals surface area contributed by atoms with Gasteiger partial charge in [-0.15, -0.1) is 0 Å². The molecule has 2 aromatic carbocycles. The first-order chi connectivity index (χ1) is 8.13. The maximum absolute atomic E-state index is 13.4. The first-order valence-corrected chi connectivity index (χ1v) is 4.92. The van der Waals surface area contributed by atoms with Crippen molar-refractivity contribution in [3.8, 4) is 11.1 Å². The predicted octanol–water partition coefficient (Wildman–Crippen LogP) is 4.24. The van der Waals surface area contributed by atoms with Gasteiger partial charge in [0.2, 0.25) is 0 Å². The molecule has 0 saturated heterocycles. The minimum absolute atomic E-state index is 0.0512. The third-order valence-corrected chi connectivity index (χ3v) is 2.46. The molecule has 2 aromatic rings. The molecule has 0 aliphatic heterocycles. The Morgan fingerprint density at radius 1 is 0.824 bits per heavy atom. The van der Waals surface area contributed by atoms with Crippen molar-refractivity contribution in [1.29, 1.82) is 0 Å². The molecule has 0 aliphatic rings. The second kappa shape index (κ2) is 4.57. The number of hydrogen-bond acceptors (Lipinski definition) is 0. The van der Waals surface area contributed by atoms with E-state index in [0.717, 1.165) is 12.1 Å². The van der Waals surface area contributed by atoms with Crippen LogP contribution in [0.1, 0.15) is 5.56 Å². The lowest BCUT2D eigenvalue weighted by Gasteiger charge is -2.06. The van der Waals surface area contributed by atoms with Crippen molar-refractivity contribution >= 4 is 0 Å². The van der Waals surface area contributed by atoms with Gasteiger partial charge in [0, 0.05) is 5.56 Å². The fraction of sp³-hybridized carbons (Fsp3) is 0.0769. The Labute approximate surface area is 95.5 Å². The summed E-state index contributed by atoms with van der Waals surface area (Å²) in [6.07, 6.45) is 0. The van der Waals surface area contributed by atoms with Crippen LogP contribution in [0.2, 0.25) is 0 Å². The first-order valence-electron chi connectivity index (χ1n) is 4.92. The fourth-order valence-electron chi connectivity index (χ4n) is 1.58. The molecule has 88 valence electrons. The normalized spacial score (nSPS) is 10.6. The van der Waals surface area contributed by atoms with Gasteiger partial charge in [-0.05, 0) is 23.8 Å². The van der Waals surface area contributed by atoms with Crippen LogP contribution in [0.25, 0.3) is 11.1 Å². The van der Waals surface area contributed by atoms with Gasteiger partial charge >= 0.3 is 0 Å². The minimum atomic E-state index is -1.23. The summed E-state index contributed by atoms with van der Waals surface area (Å²) in [5.41, 5.74) is -0.504. The highest BCUT2D eigenvalue weighted by Gasteiger charge is 2.13. The number of halogens is 4. The standard InChI is InChI=1S/C13H8F4/c14-7-10-12(16)5-8(6-13(10)17)9-3-1-2-4-11(9)15/h1-6H,7H2. The zero-order valence-electron chi connectivity index (χ0n) is 8.68. The highest BCUT2D eigenvalue weighted by Crippen LogP contribution is 2.26. The molecule has 0 bridgehead atoms. The molecule has 0 fully saturated rings. The average molecular weight is 240 g/mol. The molecule has 0 atom stereocenters. The number of hydrogen-bond donors (Lipinski definition) is 0. The smallest absolute Gasteiger partial charge is 0.132 e. The number of alkyl halides is 1. The zero-order chi connectivity index (χ0) is 12.4. The quantitative estimate of drug-likeness (QED) is 0.689. The van der Waals surface area contributed by atoms with E-state index in [4.69, 9.17) is 0 Å². The van der Waals surface area contributed by atoms with Gasteiger partial charge in [0.25, 0.3) is 0 Å².